The van der Waals surface area contributed by atoms with Crippen LogP contribution in [-0.2, 0) is 9.84 Å². The Bertz CT molecular complexity index is 600. The van der Waals surface area contributed by atoms with Crippen LogP contribution in [0.2, 0.25) is 0 Å². The van der Waals surface area contributed by atoms with E-state index in [4.69, 9.17) is 5.73 Å². The summed E-state index contributed by atoms with van der Waals surface area (Å²) in [6.45, 7) is 4.24. The number of hydrogen-bond acceptors (Lipinski definition) is 4. The van der Waals surface area contributed by atoms with Crippen LogP contribution in [0.25, 0.3) is 0 Å². The fourth-order valence-electron chi connectivity index (χ4n) is 2.97. The molecule has 1 saturated carbocycles. The minimum atomic E-state index is -2.91. The smallest absolute Gasteiger partial charge is 0.152 e. The molecule has 0 radical (unpaired) electrons. The number of anilines is 1. The molecule has 2 N–H and O–H groups in total. The van der Waals surface area contributed by atoms with Gasteiger partial charge in [0, 0.05) is 11.5 Å². The lowest BCUT2D eigenvalue weighted by atomic mass is 10.0. The van der Waals surface area contributed by atoms with Gasteiger partial charge in [-0.15, -0.1) is 0 Å². The topological polar surface area (TPSA) is 78.0 Å². The molecule has 1 aromatic rings. The predicted molar refractivity (Wildman–Crippen MR) is 75.0 cm³/mol. The lowest BCUT2D eigenvalue weighted by Crippen LogP contribution is -2.15. The number of aromatic nitrogens is 2. The molecular formula is C13H21N3O2S. The fourth-order valence-corrected chi connectivity index (χ4v) is 4.67. The van der Waals surface area contributed by atoms with E-state index in [-0.39, 0.29) is 17.5 Å². The summed E-state index contributed by atoms with van der Waals surface area (Å²) in [5.41, 5.74) is 8.48. The van der Waals surface area contributed by atoms with Crippen molar-refractivity contribution in [3.63, 3.8) is 0 Å². The molecule has 19 heavy (non-hydrogen) atoms. The van der Waals surface area contributed by atoms with Gasteiger partial charge in [-0.3, -0.25) is 0 Å². The zero-order valence-corrected chi connectivity index (χ0v) is 12.3. The van der Waals surface area contributed by atoms with Crippen LogP contribution in [0.4, 0.5) is 5.82 Å². The van der Waals surface area contributed by atoms with Crippen molar-refractivity contribution < 1.29 is 8.42 Å². The second-order valence-corrected chi connectivity index (χ2v) is 8.34. The number of nitrogens with two attached hydrogens (primary N) is 1. The zero-order chi connectivity index (χ0) is 13.8. The van der Waals surface area contributed by atoms with Gasteiger partial charge >= 0.3 is 0 Å². The number of nitrogens with zero attached hydrogens (tertiary/aromatic N) is 2. The Morgan fingerprint density at radius 1 is 1.32 bits per heavy atom. The molecule has 0 aromatic carbocycles. The first-order chi connectivity index (χ1) is 8.89. The molecule has 0 amide bonds. The summed E-state index contributed by atoms with van der Waals surface area (Å²) < 4.78 is 25.0. The Labute approximate surface area is 114 Å². The van der Waals surface area contributed by atoms with Crippen LogP contribution in [0.5, 0.6) is 0 Å². The Balaban J connectivity index is 2.00. The second-order valence-electron chi connectivity index (χ2n) is 6.11. The highest BCUT2D eigenvalue weighted by atomic mass is 32.2. The SMILES string of the molecule is CC(C)c1c(C2CC2)nn(C2CCS(=O)(=O)C2)c1N. The molecule has 2 fully saturated rings. The zero-order valence-electron chi connectivity index (χ0n) is 11.5. The average molecular weight is 283 g/mol. The number of sulfone groups is 1. The molecule has 5 nitrogen and oxygen atoms in total. The lowest BCUT2D eigenvalue weighted by Gasteiger charge is -2.11. The summed E-state index contributed by atoms with van der Waals surface area (Å²) in [7, 11) is -2.91. The Morgan fingerprint density at radius 3 is 2.47 bits per heavy atom. The molecule has 1 aliphatic heterocycles. The second kappa shape index (κ2) is 4.23. The Hall–Kier alpha value is -1.04. The maximum atomic E-state index is 11.6. The van der Waals surface area contributed by atoms with Crippen molar-refractivity contribution in [2.45, 2.75) is 51.0 Å². The summed E-state index contributed by atoms with van der Waals surface area (Å²) in [5, 5.41) is 4.67. The summed E-state index contributed by atoms with van der Waals surface area (Å²) in [4.78, 5) is 0. The molecule has 3 rings (SSSR count). The van der Waals surface area contributed by atoms with Crippen molar-refractivity contribution in [1.82, 2.24) is 9.78 Å². The highest BCUT2D eigenvalue weighted by Gasteiger charge is 2.36. The van der Waals surface area contributed by atoms with Gasteiger partial charge in [-0.2, -0.15) is 5.10 Å². The summed E-state index contributed by atoms with van der Waals surface area (Å²) in [6, 6.07) is -0.0741. The van der Waals surface area contributed by atoms with Crippen LogP contribution in [-0.4, -0.2) is 29.7 Å². The van der Waals surface area contributed by atoms with Gasteiger partial charge in [0.05, 0.1) is 23.2 Å². The average Bonchev–Trinajstić information content (AvgIpc) is 3.00. The molecule has 1 saturated heterocycles. The van der Waals surface area contributed by atoms with Gasteiger partial charge in [0.15, 0.2) is 9.84 Å². The number of rotatable bonds is 3. The first-order valence-corrected chi connectivity index (χ1v) is 8.79. The standard InChI is InChI=1S/C13H21N3O2S/c1-8(2)11-12(9-3-4-9)15-16(13(11)14)10-5-6-19(17,18)7-10/h8-10H,3-7,14H2,1-2H3. The van der Waals surface area contributed by atoms with E-state index in [1.165, 1.54) is 12.8 Å². The third-order valence-corrected chi connectivity index (χ3v) is 5.86. The number of hydrogen-bond donors (Lipinski definition) is 1. The maximum absolute atomic E-state index is 11.6. The van der Waals surface area contributed by atoms with Gasteiger partial charge in [0.25, 0.3) is 0 Å². The van der Waals surface area contributed by atoms with Crippen molar-refractivity contribution in [1.29, 1.82) is 0 Å². The molecule has 106 valence electrons. The normalized spacial score (nSPS) is 26.2. The Kier molecular flexibility index (Phi) is 2.89. The predicted octanol–water partition coefficient (Wildman–Crippen LogP) is 1.83. The van der Waals surface area contributed by atoms with Crippen LogP contribution >= 0.6 is 0 Å². The molecule has 6 heteroatoms. The minimum Gasteiger partial charge on any atom is -0.384 e. The third kappa shape index (κ3) is 2.26. The van der Waals surface area contributed by atoms with Gasteiger partial charge in [0.1, 0.15) is 5.82 Å². The molecule has 1 aliphatic carbocycles. The molecule has 1 unspecified atom stereocenters. The third-order valence-electron chi connectivity index (χ3n) is 4.11. The Morgan fingerprint density at radius 2 is 2.00 bits per heavy atom. The van der Waals surface area contributed by atoms with E-state index in [1.807, 2.05) is 0 Å². The minimum absolute atomic E-state index is 0.0741. The molecule has 2 aliphatic rings. The first-order valence-electron chi connectivity index (χ1n) is 6.97. The maximum Gasteiger partial charge on any atom is 0.152 e. The fraction of sp³-hybridized carbons (Fsp3) is 0.769. The van der Waals surface area contributed by atoms with Gasteiger partial charge < -0.3 is 5.73 Å². The van der Waals surface area contributed by atoms with Gasteiger partial charge in [-0.05, 0) is 25.2 Å². The van der Waals surface area contributed by atoms with Crippen molar-refractivity contribution in [2.75, 3.05) is 17.2 Å². The summed E-state index contributed by atoms with van der Waals surface area (Å²) in [6.07, 6.45) is 2.99. The summed E-state index contributed by atoms with van der Waals surface area (Å²) in [5.74, 6) is 1.99. The van der Waals surface area contributed by atoms with Crippen LogP contribution in [0, 0.1) is 0 Å². The largest absolute Gasteiger partial charge is 0.384 e. The molecule has 2 heterocycles. The van der Waals surface area contributed by atoms with Gasteiger partial charge in [-0.1, -0.05) is 13.8 Å². The highest BCUT2D eigenvalue weighted by Crippen LogP contribution is 2.45. The molecule has 1 atom stereocenters. The van der Waals surface area contributed by atoms with E-state index in [0.717, 1.165) is 11.3 Å². The monoisotopic (exact) mass is 283 g/mol. The van der Waals surface area contributed by atoms with Crippen LogP contribution < -0.4 is 5.73 Å². The van der Waals surface area contributed by atoms with E-state index < -0.39 is 9.84 Å². The van der Waals surface area contributed by atoms with E-state index in [2.05, 4.69) is 18.9 Å². The van der Waals surface area contributed by atoms with Crippen LogP contribution in [0.15, 0.2) is 0 Å². The van der Waals surface area contributed by atoms with Gasteiger partial charge in [0.2, 0.25) is 0 Å². The number of nitrogen functional groups attached to an aromatic ring is 1. The van der Waals surface area contributed by atoms with Crippen molar-refractivity contribution in [3.05, 3.63) is 11.3 Å². The molecule has 1 aromatic heterocycles. The van der Waals surface area contributed by atoms with Crippen LogP contribution in [0.3, 0.4) is 0 Å². The van der Waals surface area contributed by atoms with E-state index in [0.29, 0.717) is 24.1 Å². The van der Waals surface area contributed by atoms with Gasteiger partial charge in [-0.25, -0.2) is 13.1 Å². The lowest BCUT2D eigenvalue weighted by molar-refractivity contribution is 0.502. The van der Waals surface area contributed by atoms with E-state index in [1.54, 1.807) is 4.68 Å². The molecule has 0 bridgehead atoms. The highest BCUT2D eigenvalue weighted by molar-refractivity contribution is 7.91. The van der Waals surface area contributed by atoms with E-state index >= 15 is 0 Å². The van der Waals surface area contributed by atoms with E-state index in [9.17, 15) is 8.42 Å². The quantitative estimate of drug-likeness (QED) is 0.918. The van der Waals surface area contributed by atoms with Crippen molar-refractivity contribution in [3.8, 4) is 0 Å². The first kappa shape index (κ1) is 13.0. The van der Waals surface area contributed by atoms with Crippen molar-refractivity contribution >= 4 is 15.7 Å². The van der Waals surface area contributed by atoms with Crippen molar-refractivity contribution in [2.24, 2.45) is 0 Å². The van der Waals surface area contributed by atoms with Crippen LogP contribution in [0.1, 0.15) is 62.2 Å². The summed E-state index contributed by atoms with van der Waals surface area (Å²) >= 11 is 0. The molecular weight excluding hydrogens is 262 g/mol. The molecule has 0 spiro atoms.